The lowest BCUT2D eigenvalue weighted by molar-refractivity contribution is 0.119. The Kier molecular flexibility index (Phi) is 12.4. The molecule has 2 N–H and O–H groups in total. The van der Waals surface area contributed by atoms with Gasteiger partial charge < -0.3 is 29.7 Å². The lowest BCUT2D eigenvalue weighted by Gasteiger charge is -2.39. The van der Waals surface area contributed by atoms with E-state index >= 15 is 0 Å². The minimum Gasteiger partial charge on any atom is -0.496 e. The molecule has 0 unspecified atom stereocenters. The number of ether oxygens (including phenoxy) is 3. The van der Waals surface area contributed by atoms with Crippen LogP contribution in [0.5, 0.6) is 17.2 Å². The van der Waals surface area contributed by atoms with E-state index in [2.05, 4.69) is 22.5 Å². The first-order chi connectivity index (χ1) is 15.7. The van der Waals surface area contributed by atoms with E-state index in [-0.39, 0.29) is 24.0 Å². The number of nitrogens with one attached hydrogen (secondary N) is 2. The van der Waals surface area contributed by atoms with Crippen LogP contribution in [0.15, 0.2) is 17.1 Å². The Morgan fingerprint density at radius 1 is 0.970 bits per heavy atom. The van der Waals surface area contributed by atoms with Crippen molar-refractivity contribution in [1.82, 2.24) is 15.5 Å². The van der Waals surface area contributed by atoms with Gasteiger partial charge in [0, 0.05) is 56.0 Å². The summed E-state index contributed by atoms with van der Waals surface area (Å²) in [7, 11) is 4.99. The number of methoxy groups -OCH3 is 3. The Hall–Kier alpha value is -1.42. The van der Waals surface area contributed by atoms with Crippen molar-refractivity contribution in [3.63, 3.8) is 0 Å². The van der Waals surface area contributed by atoms with Crippen LogP contribution < -0.4 is 24.8 Å². The molecule has 0 aromatic heterocycles. The van der Waals surface area contributed by atoms with Crippen LogP contribution in [-0.2, 0) is 6.42 Å². The maximum Gasteiger partial charge on any atom is 0.191 e. The van der Waals surface area contributed by atoms with Crippen molar-refractivity contribution in [2.75, 3.05) is 47.5 Å². The largest absolute Gasteiger partial charge is 0.496 e. The number of hydrogen-bond acceptors (Lipinski definition) is 5. The van der Waals surface area contributed by atoms with E-state index in [1.165, 1.54) is 58.0 Å². The Labute approximate surface area is 217 Å². The molecule has 1 aromatic rings. The fourth-order valence-electron chi connectivity index (χ4n) is 4.97. The molecule has 1 aromatic carbocycles. The number of piperidine rings is 1. The summed E-state index contributed by atoms with van der Waals surface area (Å²) in [5.74, 6) is 3.16. The van der Waals surface area contributed by atoms with Crippen LogP contribution in [0.2, 0.25) is 0 Å². The molecule has 3 rings (SSSR count). The van der Waals surface area contributed by atoms with Crippen molar-refractivity contribution in [1.29, 1.82) is 0 Å². The second-order valence-electron chi connectivity index (χ2n) is 8.77. The number of guanidine groups is 1. The highest BCUT2D eigenvalue weighted by molar-refractivity contribution is 14.0. The van der Waals surface area contributed by atoms with Crippen LogP contribution in [0, 0.1) is 0 Å². The minimum absolute atomic E-state index is 0. The van der Waals surface area contributed by atoms with E-state index in [9.17, 15) is 0 Å². The van der Waals surface area contributed by atoms with Crippen LogP contribution in [0.4, 0.5) is 0 Å². The number of likely N-dealkylation sites (tertiary alicyclic amines) is 1. The van der Waals surface area contributed by atoms with E-state index in [0.29, 0.717) is 12.6 Å². The smallest absolute Gasteiger partial charge is 0.191 e. The van der Waals surface area contributed by atoms with Gasteiger partial charge in [-0.15, -0.1) is 24.0 Å². The third kappa shape index (κ3) is 8.09. The second kappa shape index (κ2) is 14.8. The quantitative estimate of drug-likeness (QED) is 0.262. The average Bonchev–Trinajstić information content (AvgIpc) is 2.85. The molecule has 8 heteroatoms. The summed E-state index contributed by atoms with van der Waals surface area (Å²) in [5, 5.41) is 7.08. The number of benzene rings is 1. The van der Waals surface area contributed by atoms with Crippen LogP contribution >= 0.6 is 24.0 Å². The van der Waals surface area contributed by atoms with E-state index in [1.807, 2.05) is 12.1 Å². The zero-order valence-corrected chi connectivity index (χ0v) is 23.2. The normalized spacial score (nSPS) is 18.4. The van der Waals surface area contributed by atoms with Crippen molar-refractivity contribution in [2.45, 2.75) is 70.4 Å². The number of aliphatic imine (C=N–C) groups is 1. The highest BCUT2D eigenvalue weighted by atomic mass is 127. The molecule has 1 saturated carbocycles. The first-order valence-electron chi connectivity index (χ1n) is 12.3. The fourth-order valence-corrected chi connectivity index (χ4v) is 4.97. The highest BCUT2D eigenvalue weighted by Crippen LogP contribution is 2.34. The van der Waals surface area contributed by atoms with Gasteiger partial charge in [0.15, 0.2) is 5.96 Å². The van der Waals surface area contributed by atoms with Gasteiger partial charge in [-0.25, -0.2) is 0 Å². The SMILES string of the molecule is CCNC(=NCCc1c(OC)cc(OC)cc1OC)NC1CCN(C2CCCCC2)CC1.I. The molecule has 1 heterocycles. The van der Waals surface area contributed by atoms with Crippen molar-refractivity contribution >= 4 is 29.9 Å². The number of rotatable bonds is 9. The fraction of sp³-hybridized carbons (Fsp3) is 0.720. The van der Waals surface area contributed by atoms with Gasteiger partial charge in [0.05, 0.1) is 21.3 Å². The second-order valence-corrected chi connectivity index (χ2v) is 8.77. The molecule has 1 aliphatic carbocycles. The number of hydrogen-bond donors (Lipinski definition) is 2. The summed E-state index contributed by atoms with van der Waals surface area (Å²) in [4.78, 5) is 7.57. The Morgan fingerprint density at radius 2 is 1.61 bits per heavy atom. The first-order valence-corrected chi connectivity index (χ1v) is 12.3. The molecular weight excluding hydrogens is 531 g/mol. The molecule has 2 aliphatic rings. The monoisotopic (exact) mass is 574 g/mol. The van der Waals surface area contributed by atoms with Crippen LogP contribution in [0.3, 0.4) is 0 Å². The summed E-state index contributed by atoms with van der Waals surface area (Å²) in [6, 6.07) is 5.09. The van der Waals surface area contributed by atoms with E-state index in [0.717, 1.165) is 47.8 Å². The molecule has 0 radical (unpaired) electrons. The predicted octanol–water partition coefficient (Wildman–Crippen LogP) is 4.23. The molecule has 0 atom stereocenters. The van der Waals surface area contributed by atoms with E-state index < -0.39 is 0 Å². The molecule has 1 aliphatic heterocycles. The molecule has 1 saturated heterocycles. The molecule has 33 heavy (non-hydrogen) atoms. The van der Waals surface area contributed by atoms with Crippen LogP contribution in [0.1, 0.15) is 57.4 Å². The lowest BCUT2D eigenvalue weighted by Crippen LogP contribution is -2.51. The van der Waals surface area contributed by atoms with Gasteiger partial charge in [-0.3, -0.25) is 4.99 Å². The standard InChI is InChI=1S/C25H42N4O3.HI/c1-5-26-25(28-19-12-15-29(16-13-19)20-9-7-6-8-10-20)27-14-11-22-23(31-3)17-21(30-2)18-24(22)32-4;/h17-20H,5-16H2,1-4H3,(H2,26,27,28);1H. The summed E-state index contributed by atoms with van der Waals surface area (Å²) >= 11 is 0. The third-order valence-corrected chi connectivity index (χ3v) is 6.75. The van der Waals surface area contributed by atoms with E-state index in [4.69, 9.17) is 19.2 Å². The summed E-state index contributed by atoms with van der Waals surface area (Å²) in [6.07, 6.45) is 10.1. The molecule has 0 amide bonds. The van der Waals surface area contributed by atoms with Gasteiger partial charge in [-0.2, -0.15) is 0 Å². The lowest BCUT2D eigenvalue weighted by atomic mass is 9.92. The zero-order chi connectivity index (χ0) is 22.8. The molecule has 2 fully saturated rings. The first kappa shape index (κ1) is 27.8. The molecular formula is C25H43IN4O3. The van der Waals surface area contributed by atoms with Gasteiger partial charge >= 0.3 is 0 Å². The van der Waals surface area contributed by atoms with Crippen molar-refractivity contribution in [3.05, 3.63) is 17.7 Å². The van der Waals surface area contributed by atoms with Gasteiger partial charge in [-0.1, -0.05) is 19.3 Å². The Morgan fingerprint density at radius 3 is 2.15 bits per heavy atom. The van der Waals surface area contributed by atoms with Gasteiger partial charge in [0.25, 0.3) is 0 Å². The predicted molar refractivity (Wildman–Crippen MR) is 146 cm³/mol. The molecule has 0 spiro atoms. The van der Waals surface area contributed by atoms with Gasteiger partial charge in [-0.05, 0) is 39.0 Å². The van der Waals surface area contributed by atoms with Gasteiger partial charge in [0.1, 0.15) is 17.2 Å². The maximum absolute atomic E-state index is 5.57. The molecule has 188 valence electrons. The molecule has 7 nitrogen and oxygen atoms in total. The summed E-state index contributed by atoms with van der Waals surface area (Å²) in [5.41, 5.74) is 1.01. The zero-order valence-electron chi connectivity index (χ0n) is 20.8. The van der Waals surface area contributed by atoms with Crippen molar-refractivity contribution < 1.29 is 14.2 Å². The van der Waals surface area contributed by atoms with E-state index in [1.54, 1.807) is 21.3 Å². The average molecular weight is 575 g/mol. The van der Waals surface area contributed by atoms with Crippen molar-refractivity contribution in [3.8, 4) is 17.2 Å². The summed E-state index contributed by atoms with van der Waals surface area (Å²) < 4.78 is 16.5. The van der Waals surface area contributed by atoms with Gasteiger partial charge in [0.2, 0.25) is 0 Å². The Bertz CT molecular complexity index is 707. The third-order valence-electron chi connectivity index (χ3n) is 6.75. The molecule has 0 bridgehead atoms. The van der Waals surface area contributed by atoms with Crippen molar-refractivity contribution in [2.24, 2.45) is 4.99 Å². The number of nitrogens with zero attached hydrogens (tertiary/aromatic N) is 2. The Balaban J connectivity index is 0.00000385. The minimum atomic E-state index is 0. The van der Waals surface area contributed by atoms with Crippen LogP contribution in [0.25, 0.3) is 0 Å². The van der Waals surface area contributed by atoms with Crippen LogP contribution in [-0.4, -0.2) is 70.5 Å². The summed E-state index contributed by atoms with van der Waals surface area (Å²) in [6.45, 7) is 6.00. The maximum atomic E-state index is 5.57. The highest BCUT2D eigenvalue weighted by Gasteiger charge is 2.26. The topological polar surface area (TPSA) is 67.4 Å². The number of halogens is 1.